The number of amides is 1. The molecule has 0 aromatic carbocycles. The molecule has 0 aliphatic carbocycles. The van der Waals surface area contributed by atoms with E-state index in [1.807, 2.05) is 9.29 Å². The zero-order chi connectivity index (χ0) is 19.7. The minimum absolute atomic E-state index is 0.111. The van der Waals surface area contributed by atoms with E-state index in [1.54, 1.807) is 0 Å². The molecular formula is C16H22N6O5S. The summed E-state index contributed by atoms with van der Waals surface area (Å²) in [6, 6.07) is 0. The normalized spacial score (nSPS) is 26.2. The highest BCUT2D eigenvalue weighted by Crippen LogP contribution is 2.33. The van der Waals surface area contributed by atoms with Gasteiger partial charge in [0.1, 0.15) is 18.4 Å². The van der Waals surface area contributed by atoms with Crippen molar-refractivity contribution in [2.75, 3.05) is 12.3 Å². The van der Waals surface area contributed by atoms with Crippen molar-refractivity contribution in [3.63, 3.8) is 0 Å². The monoisotopic (exact) mass is 410 g/mol. The molecule has 2 aromatic rings. The van der Waals surface area contributed by atoms with E-state index in [9.17, 15) is 13.2 Å². The fourth-order valence-corrected chi connectivity index (χ4v) is 4.35. The molecule has 0 unspecified atom stereocenters. The van der Waals surface area contributed by atoms with E-state index < -0.39 is 22.3 Å². The molecule has 2 atom stereocenters. The Balaban J connectivity index is 1.65. The van der Waals surface area contributed by atoms with Crippen molar-refractivity contribution in [2.45, 2.75) is 57.3 Å². The molecule has 2 aliphatic rings. The number of anilines is 1. The first-order chi connectivity index (χ1) is 13.4. The standard InChI is InChI=1S/C16H22N6O5S/c17-15-14-16(19-9-18-15)22-11(20-14)4-2-1-3-5-12(23)21-28(24,25)26-8-10-6-7-13(22)27-10/h9-10,13H,1-8H2,(H,21,23)(H2,17,18,19)/t10-,13+/m0/s1. The van der Waals surface area contributed by atoms with Crippen LogP contribution < -0.4 is 10.5 Å². The summed E-state index contributed by atoms with van der Waals surface area (Å²) in [5.74, 6) is 0.524. The van der Waals surface area contributed by atoms with Crippen LogP contribution in [0.4, 0.5) is 5.82 Å². The number of nitrogens with one attached hydrogen (secondary N) is 1. The van der Waals surface area contributed by atoms with Crippen LogP contribution in [0.15, 0.2) is 6.33 Å². The van der Waals surface area contributed by atoms with Crippen LogP contribution in [0.3, 0.4) is 0 Å². The number of carbonyl (C=O) groups is 1. The van der Waals surface area contributed by atoms with Crippen molar-refractivity contribution >= 4 is 33.2 Å². The Labute approximate surface area is 161 Å². The number of carbonyl (C=O) groups excluding carboxylic acids is 1. The Morgan fingerprint density at radius 3 is 2.86 bits per heavy atom. The predicted octanol–water partition coefficient (Wildman–Crippen LogP) is 0.580. The van der Waals surface area contributed by atoms with Gasteiger partial charge in [0.2, 0.25) is 5.91 Å². The SMILES string of the molecule is Nc1ncnc2c1nc1n2[C@H]2CC[C@@H](COS(=O)(=O)NC(=O)CCCCC1)O2. The summed E-state index contributed by atoms with van der Waals surface area (Å²) in [7, 11) is -4.14. The van der Waals surface area contributed by atoms with E-state index >= 15 is 0 Å². The van der Waals surface area contributed by atoms with Gasteiger partial charge in [0.25, 0.3) is 0 Å². The Hall–Kier alpha value is -2.31. The first kappa shape index (κ1) is 19.0. The summed E-state index contributed by atoms with van der Waals surface area (Å²) in [6.07, 6.45) is 4.74. The van der Waals surface area contributed by atoms with Gasteiger partial charge in [-0.15, -0.1) is 0 Å². The summed E-state index contributed by atoms with van der Waals surface area (Å²) in [6.45, 7) is -0.168. The first-order valence-corrected chi connectivity index (χ1v) is 10.7. The lowest BCUT2D eigenvalue weighted by Crippen LogP contribution is -2.33. The van der Waals surface area contributed by atoms with Crippen LogP contribution >= 0.6 is 0 Å². The van der Waals surface area contributed by atoms with Crippen LogP contribution in [0.2, 0.25) is 0 Å². The van der Waals surface area contributed by atoms with Crippen molar-refractivity contribution in [1.82, 2.24) is 24.2 Å². The van der Waals surface area contributed by atoms with Gasteiger partial charge in [-0.05, 0) is 25.7 Å². The average molecular weight is 410 g/mol. The molecule has 1 fully saturated rings. The van der Waals surface area contributed by atoms with Gasteiger partial charge in [0.05, 0.1) is 12.7 Å². The number of hydrogen-bond donors (Lipinski definition) is 2. The Morgan fingerprint density at radius 2 is 2.00 bits per heavy atom. The van der Waals surface area contributed by atoms with Gasteiger partial charge in [-0.3, -0.25) is 13.5 Å². The molecule has 1 saturated heterocycles. The summed E-state index contributed by atoms with van der Waals surface area (Å²) < 4.78 is 38.6. The molecule has 2 aromatic heterocycles. The minimum Gasteiger partial charge on any atom is -0.382 e. The van der Waals surface area contributed by atoms with Crippen molar-refractivity contribution in [3.8, 4) is 0 Å². The first-order valence-electron chi connectivity index (χ1n) is 9.26. The maximum Gasteiger partial charge on any atom is 0.362 e. The fourth-order valence-electron chi connectivity index (χ4n) is 3.58. The molecule has 152 valence electrons. The van der Waals surface area contributed by atoms with E-state index in [0.29, 0.717) is 42.7 Å². The lowest BCUT2D eigenvalue weighted by atomic mass is 10.1. The van der Waals surface area contributed by atoms with Crippen molar-refractivity contribution < 1.29 is 22.1 Å². The van der Waals surface area contributed by atoms with Crippen LogP contribution in [0.25, 0.3) is 11.2 Å². The highest BCUT2D eigenvalue weighted by molar-refractivity contribution is 7.85. The number of aryl methyl sites for hydroxylation is 1. The highest BCUT2D eigenvalue weighted by Gasteiger charge is 2.32. The number of nitrogens with zero attached hydrogens (tertiary/aromatic N) is 4. The third-order valence-corrected chi connectivity index (χ3v) is 5.83. The molecule has 2 aliphatic heterocycles. The van der Waals surface area contributed by atoms with Crippen molar-refractivity contribution in [2.24, 2.45) is 0 Å². The summed E-state index contributed by atoms with van der Waals surface area (Å²) in [5, 5.41) is 0. The molecule has 0 radical (unpaired) electrons. The molecule has 12 heteroatoms. The van der Waals surface area contributed by atoms with Gasteiger partial charge in [-0.25, -0.2) is 19.7 Å². The fraction of sp³-hybridized carbons (Fsp3) is 0.625. The van der Waals surface area contributed by atoms with Crippen LogP contribution in [0.5, 0.6) is 0 Å². The largest absolute Gasteiger partial charge is 0.382 e. The number of hydrogen-bond acceptors (Lipinski definition) is 9. The molecule has 3 N–H and O–H groups in total. The predicted molar refractivity (Wildman–Crippen MR) is 98.1 cm³/mol. The van der Waals surface area contributed by atoms with E-state index in [1.165, 1.54) is 6.33 Å². The molecule has 2 bridgehead atoms. The Kier molecular flexibility index (Phi) is 5.17. The van der Waals surface area contributed by atoms with Gasteiger partial charge >= 0.3 is 10.3 Å². The van der Waals surface area contributed by atoms with Crippen LogP contribution in [0, 0.1) is 0 Å². The van der Waals surface area contributed by atoms with E-state index in [-0.39, 0.29) is 19.3 Å². The van der Waals surface area contributed by atoms with Gasteiger partial charge < -0.3 is 10.5 Å². The number of ether oxygens (including phenoxy) is 1. The lowest BCUT2D eigenvalue weighted by molar-refractivity contribution is -0.119. The third-order valence-electron chi connectivity index (χ3n) is 4.90. The molecule has 28 heavy (non-hydrogen) atoms. The van der Waals surface area contributed by atoms with Gasteiger partial charge in [0.15, 0.2) is 17.0 Å². The second-order valence-electron chi connectivity index (χ2n) is 6.94. The summed E-state index contributed by atoms with van der Waals surface area (Å²) in [4.78, 5) is 24.8. The summed E-state index contributed by atoms with van der Waals surface area (Å²) in [5.41, 5.74) is 7.09. The number of fused-ring (bicyclic) bond motifs is 6. The smallest absolute Gasteiger partial charge is 0.362 e. The zero-order valence-electron chi connectivity index (χ0n) is 15.2. The zero-order valence-corrected chi connectivity index (χ0v) is 16.0. The second kappa shape index (κ2) is 7.60. The van der Waals surface area contributed by atoms with Crippen molar-refractivity contribution in [3.05, 3.63) is 12.2 Å². The van der Waals surface area contributed by atoms with Crippen LogP contribution in [-0.2, 0) is 30.4 Å². The van der Waals surface area contributed by atoms with Gasteiger partial charge in [-0.2, -0.15) is 8.42 Å². The van der Waals surface area contributed by atoms with E-state index in [2.05, 4.69) is 15.0 Å². The van der Waals surface area contributed by atoms with E-state index in [4.69, 9.17) is 14.7 Å². The number of rotatable bonds is 0. The second-order valence-corrected chi connectivity index (χ2v) is 8.29. The number of nitrogens with two attached hydrogens (primary N) is 1. The maximum atomic E-state index is 11.9. The third kappa shape index (κ3) is 3.93. The molecule has 0 saturated carbocycles. The van der Waals surface area contributed by atoms with Gasteiger partial charge in [0, 0.05) is 12.8 Å². The van der Waals surface area contributed by atoms with Crippen LogP contribution in [0.1, 0.15) is 50.6 Å². The quantitative estimate of drug-likeness (QED) is 0.635. The summed E-state index contributed by atoms with van der Waals surface area (Å²) >= 11 is 0. The molecular weight excluding hydrogens is 388 g/mol. The van der Waals surface area contributed by atoms with Crippen molar-refractivity contribution in [1.29, 1.82) is 0 Å². The average Bonchev–Trinajstić information content (AvgIpc) is 3.23. The Bertz CT molecular complexity index is 991. The minimum atomic E-state index is -4.14. The maximum absolute atomic E-state index is 11.9. The lowest BCUT2D eigenvalue weighted by Gasteiger charge is -2.17. The molecule has 4 rings (SSSR count). The molecule has 0 spiro atoms. The number of aromatic nitrogens is 4. The van der Waals surface area contributed by atoms with Gasteiger partial charge in [-0.1, -0.05) is 6.42 Å². The molecule has 1 amide bonds. The van der Waals surface area contributed by atoms with Crippen LogP contribution in [-0.4, -0.2) is 46.6 Å². The highest BCUT2D eigenvalue weighted by atomic mass is 32.2. The van der Waals surface area contributed by atoms with E-state index in [0.717, 1.165) is 18.7 Å². The molecule has 4 heterocycles. The number of nitrogen functional groups attached to an aromatic ring is 1. The number of imidazole rings is 1. The topological polar surface area (TPSA) is 151 Å². The molecule has 11 nitrogen and oxygen atoms in total. The Morgan fingerprint density at radius 1 is 1.18 bits per heavy atom.